The van der Waals surface area contributed by atoms with Crippen molar-refractivity contribution in [1.29, 1.82) is 0 Å². The summed E-state index contributed by atoms with van der Waals surface area (Å²) < 4.78 is 0. The Morgan fingerprint density at radius 1 is 1.62 bits per heavy atom. The molecule has 1 saturated heterocycles. The van der Waals surface area contributed by atoms with Crippen LogP contribution < -0.4 is 10.2 Å². The number of thiophene rings is 1. The smallest absolute Gasteiger partial charge is 0.0936 e. The number of nitrogens with zero attached hydrogens (tertiary/aromatic N) is 2. The van der Waals surface area contributed by atoms with Crippen molar-refractivity contribution < 1.29 is 0 Å². The zero-order chi connectivity index (χ0) is 11.5. The SMILES string of the molecule is Cc1ccsc1N(C)CC1CNCCN1C. The van der Waals surface area contributed by atoms with Crippen LogP contribution >= 0.6 is 11.3 Å². The second kappa shape index (κ2) is 5.17. The lowest BCUT2D eigenvalue weighted by Gasteiger charge is -2.36. The Hall–Kier alpha value is -0.580. The van der Waals surface area contributed by atoms with Gasteiger partial charge in [-0.1, -0.05) is 0 Å². The summed E-state index contributed by atoms with van der Waals surface area (Å²) in [6.07, 6.45) is 0. The Labute approximate surface area is 102 Å². The van der Waals surface area contributed by atoms with Crippen LogP contribution in [-0.4, -0.2) is 51.2 Å². The van der Waals surface area contributed by atoms with Gasteiger partial charge in [-0.05, 0) is 31.0 Å². The molecule has 1 N–H and O–H groups in total. The lowest BCUT2D eigenvalue weighted by molar-refractivity contribution is 0.204. The molecule has 1 unspecified atom stereocenters. The number of hydrogen-bond acceptors (Lipinski definition) is 4. The fraction of sp³-hybridized carbons (Fsp3) is 0.667. The first kappa shape index (κ1) is 11.9. The van der Waals surface area contributed by atoms with Gasteiger partial charge < -0.3 is 10.2 Å². The molecule has 2 rings (SSSR count). The average Bonchev–Trinajstić information content (AvgIpc) is 2.68. The molecule has 0 aliphatic carbocycles. The summed E-state index contributed by atoms with van der Waals surface area (Å²) in [5.41, 5.74) is 1.39. The van der Waals surface area contributed by atoms with Crippen molar-refractivity contribution in [2.24, 2.45) is 0 Å². The summed E-state index contributed by atoms with van der Waals surface area (Å²) in [5, 5.41) is 7.04. The minimum absolute atomic E-state index is 0.625. The van der Waals surface area contributed by atoms with E-state index in [-0.39, 0.29) is 0 Å². The van der Waals surface area contributed by atoms with E-state index in [1.54, 1.807) is 0 Å². The number of aryl methyl sites for hydroxylation is 1. The molecule has 0 aromatic carbocycles. The largest absolute Gasteiger partial charge is 0.365 e. The van der Waals surface area contributed by atoms with E-state index in [9.17, 15) is 0 Å². The second-order valence-electron chi connectivity index (χ2n) is 4.63. The van der Waals surface area contributed by atoms with E-state index in [0.717, 1.165) is 26.2 Å². The molecule has 4 heteroatoms. The predicted octanol–water partition coefficient (Wildman–Crippen LogP) is 1.40. The van der Waals surface area contributed by atoms with Gasteiger partial charge in [0.1, 0.15) is 0 Å². The highest BCUT2D eigenvalue weighted by molar-refractivity contribution is 7.14. The van der Waals surface area contributed by atoms with Crippen molar-refractivity contribution in [3.8, 4) is 0 Å². The van der Waals surface area contributed by atoms with Crippen LogP contribution in [-0.2, 0) is 0 Å². The van der Waals surface area contributed by atoms with E-state index < -0.39 is 0 Å². The van der Waals surface area contributed by atoms with Gasteiger partial charge in [-0.2, -0.15) is 0 Å². The third kappa shape index (κ3) is 2.56. The molecule has 0 spiro atoms. The molecule has 0 radical (unpaired) electrons. The quantitative estimate of drug-likeness (QED) is 0.860. The van der Waals surface area contributed by atoms with Crippen molar-refractivity contribution in [2.75, 3.05) is 45.2 Å². The Balaban J connectivity index is 1.96. The molecule has 2 heterocycles. The highest BCUT2D eigenvalue weighted by Crippen LogP contribution is 2.26. The molecule has 90 valence electrons. The summed E-state index contributed by atoms with van der Waals surface area (Å²) in [7, 11) is 4.42. The molecule has 1 atom stereocenters. The Morgan fingerprint density at radius 2 is 2.44 bits per heavy atom. The number of nitrogens with one attached hydrogen (secondary N) is 1. The van der Waals surface area contributed by atoms with Crippen LogP contribution in [0.5, 0.6) is 0 Å². The van der Waals surface area contributed by atoms with Crippen molar-refractivity contribution >= 4 is 16.3 Å². The molecule has 1 aromatic rings. The van der Waals surface area contributed by atoms with Gasteiger partial charge >= 0.3 is 0 Å². The molecule has 0 saturated carbocycles. The topological polar surface area (TPSA) is 18.5 Å². The number of piperazine rings is 1. The molecule has 0 amide bonds. The molecule has 3 nitrogen and oxygen atoms in total. The monoisotopic (exact) mass is 239 g/mol. The molecular formula is C12H21N3S. The van der Waals surface area contributed by atoms with Crippen LogP contribution in [0.25, 0.3) is 0 Å². The summed E-state index contributed by atoms with van der Waals surface area (Å²) >= 11 is 1.83. The van der Waals surface area contributed by atoms with Gasteiger partial charge in [-0.15, -0.1) is 11.3 Å². The van der Waals surface area contributed by atoms with Gasteiger partial charge in [0.2, 0.25) is 0 Å². The second-order valence-corrected chi connectivity index (χ2v) is 5.52. The summed E-state index contributed by atoms with van der Waals surface area (Å²) in [5.74, 6) is 0. The lowest BCUT2D eigenvalue weighted by Crippen LogP contribution is -2.53. The first-order valence-electron chi connectivity index (χ1n) is 5.84. The van der Waals surface area contributed by atoms with Crippen molar-refractivity contribution in [3.05, 3.63) is 17.0 Å². The van der Waals surface area contributed by atoms with E-state index in [1.165, 1.54) is 10.6 Å². The number of anilines is 1. The first-order chi connectivity index (χ1) is 7.68. The maximum atomic E-state index is 3.47. The average molecular weight is 239 g/mol. The van der Waals surface area contributed by atoms with Crippen molar-refractivity contribution in [1.82, 2.24) is 10.2 Å². The van der Waals surface area contributed by atoms with Gasteiger partial charge in [-0.3, -0.25) is 4.90 Å². The van der Waals surface area contributed by atoms with E-state index in [1.807, 2.05) is 11.3 Å². The lowest BCUT2D eigenvalue weighted by atomic mass is 10.2. The van der Waals surface area contributed by atoms with Crippen molar-refractivity contribution in [3.63, 3.8) is 0 Å². The summed E-state index contributed by atoms with van der Waals surface area (Å²) in [6, 6.07) is 2.82. The predicted molar refractivity (Wildman–Crippen MR) is 71.6 cm³/mol. The molecule has 1 aliphatic rings. The molecule has 16 heavy (non-hydrogen) atoms. The zero-order valence-electron chi connectivity index (χ0n) is 10.4. The minimum Gasteiger partial charge on any atom is -0.365 e. The van der Waals surface area contributed by atoms with E-state index >= 15 is 0 Å². The van der Waals surface area contributed by atoms with Crippen LogP contribution in [0.4, 0.5) is 5.00 Å². The van der Waals surface area contributed by atoms with Gasteiger partial charge in [0, 0.05) is 39.3 Å². The van der Waals surface area contributed by atoms with Crippen LogP contribution in [0.3, 0.4) is 0 Å². The number of likely N-dealkylation sites (N-methyl/N-ethyl adjacent to an activating group) is 2. The van der Waals surface area contributed by atoms with Crippen LogP contribution in [0.1, 0.15) is 5.56 Å². The maximum absolute atomic E-state index is 3.47. The summed E-state index contributed by atoms with van der Waals surface area (Å²) in [6.45, 7) is 6.66. The van der Waals surface area contributed by atoms with Crippen molar-refractivity contribution in [2.45, 2.75) is 13.0 Å². The van der Waals surface area contributed by atoms with Crippen LogP contribution in [0.2, 0.25) is 0 Å². The molecule has 1 aliphatic heterocycles. The fourth-order valence-corrected chi connectivity index (χ4v) is 3.13. The van der Waals surface area contributed by atoms with Gasteiger partial charge in [0.25, 0.3) is 0 Å². The minimum atomic E-state index is 0.625. The standard InChI is InChI=1S/C12H21N3S/c1-10-4-7-16-12(10)15(3)9-11-8-13-5-6-14(11)2/h4,7,11,13H,5-6,8-9H2,1-3H3. The van der Waals surface area contributed by atoms with Crippen LogP contribution in [0, 0.1) is 6.92 Å². The summed E-state index contributed by atoms with van der Waals surface area (Å²) in [4.78, 5) is 4.84. The molecule has 0 bridgehead atoms. The highest BCUT2D eigenvalue weighted by atomic mass is 32.1. The zero-order valence-corrected chi connectivity index (χ0v) is 11.2. The van der Waals surface area contributed by atoms with Crippen LogP contribution in [0.15, 0.2) is 11.4 Å². The maximum Gasteiger partial charge on any atom is 0.0936 e. The number of rotatable bonds is 3. The Morgan fingerprint density at radius 3 is 3.06 bits per heavy atom. The normalized spacial score (nSPS) is 22.3. The Kier molecular flexibility index (Phi) is 3.84. The van der Waals surface area contributed by atoms with E-state index in [4.69, 9.17) is 0 Å². The first-order valence-corrected chi connectivity index (χ1v) is 6.72. The third-order valence-corrected chi connectivity index (χ3v) is 4.44. The Bertz CT molecular complexity index is 337. The van der Waals surface area contributed by atoms with Gasteiger partial charge in [-0.25, -0.2) is 0 Å². The molecule has 1 fully saturated rings. The molecule has 1 aromatic heterocycles. The van der Waals surface area contributed by atoms with Gasteiger partial charge in [0.15, 0.2) is 0 Å². The van der Waals surface area contributed by atoms with E-state index in [0.29, 0.717) is 6.04 Å². The number of hydrogen-bond donors (Lipinski definition) is 1. The molecular weight excluding hydrogens is 218 g/mol. The third-order valence-electron chi connectivity index (χ3n) is 3.31. The van der Waals surface area contributed by atoms with E-state index in [2.05, 4.69) is 47.6 Å². The fourth-order valence-electron chi connectivity index (χ4n) is 2.22. The highest BCUT2D eigenvalue weighted by Gasteiger charge is 2.20. The van der Waals surface area contributed by atoms with Gasteiger partial charge in [0.05, 0.1) is 5.00 Å².